The molecule has 0 spiro atoms. The lowest BCUT2D eigenvalue weighted by Crippen LogP contribution is -1.91. The Balaban J connectivity index is 2.21. The molecule has 2 heterocycles. The third-order valence-corrected chi connectivity index (χ3v) is 4.37. The second kappa shape index (κ2) is 5.71. The molecular formula is C11H16N4OS2. The summed E-state index contributed by atoms with van der Waals surface area (Å²) in [5, 5.41) is 8.62. The molecule has 0 bridgehead atoms. The van der Waals surface area contributed by atoms with Crippen LogP contribution in [0, 0.1) is 6.92 Å². The molecule has 0 atom stereocenters. The molecule has 0 aliphatic carbocycles. The lowest BCUT2D eigenvalue weighted by atomic mass is 10.2. The highest BCUT2D eigenvalue weighted by molar-refractivity contribution is 7.99. The molecule has 0 unspecified atom stereocenters. The van der Waals surface area contributed by atoms with Crippen molar-refractivity contribution in [3.8, 4) is 11.5 Å². The molecule has 18 heavy (non-hydrogen) atoms. The summed E-state index contributed by atoms with van der Waals surface area (Å²) in [7, 11) is 1.86. The van der Waals surface area contributed by atoms with Gasteiger partial charge in [-0.2, -0.15) is 21.1 Å². The fraction of sp³-hybridized carbons (Fsp3) is 0.545. The molecule has 0 amide bonds. The topological polar surface area (TPSA) is 63.8 Å². The first-order valence-electron chi connectivity index (χ1n) is 5.70. The minimum atomic E-state index is 0.546. The van der Waals surface area contributed by atoms with Crippen molar-refractivity contribution in [2.45, 2.75) is 31.8 Å². The van der Waals surface area contributed by atoms with Gasteiger partial charge in [0.2, 0.25) is 0 Å². The zero-order valence-electron chi connectivity index (χ0n) is 10.9. The van der Waals surface area contributed by atoms with Gasteiger partial charge in [-0.05, 0) is 23.7 Å². The van der Waals surface area contributed by atoms with Gasteiger partial charge >= 0.3 is 0 Å². The number of rotatable bonds is 5. The number of anilines is 1. The van der Waals surface area contributed by atoms with Gasteiger partial charge in [0, 0.05) is 7.05 Å². The molecule has 5 nitrogen and oxygen atoms in total. The van der Waals surface area contributed by atoms with Gasteiger partial charge in [0.15, 0.2) is 5.82 Å². The largest absolute Gasteiger partial charge is 0.378 e. The Morgan fingerprint density at radius 2 is 2.22 bits per heavy atom. The lowest BCUT2D eigenvalue weighted by Gasteiger charge is -1.99. The van der Waals surface area contributed by atoms with Gasteiger partial charge < -0.3 is 9.84 Å². The fourth-order valence-corrected chi connectivity index (χ4v) is 2.78. The van der Waals surface area contributed by atoms with Crippen molar-refractivity contribution in [3.63, 3.8) is 0 Å². The van der Waals surface area contributed by atoms with Crippen molar-refractivity contribution in [3.05, 3.63) is 11.5 Å². The average molecular weight is 284 g/mol. The molecule has 7 heteroatoms. The molecular weight excluding hydrogens is 268 g/mol. The molecule has 0 aliphatic heterocycles. The van der Waals surface area contributed by atoms with Crippen LogP contribution >= 0.6 is 23.3 Å². The van der Waals surface area contributed by atoms with E-state index >= 15 is 0 Å². The highest BCUT2D eigenvalue weighted by Gasteiger charge is 2.18. The van der Waals surface area contributed by atoms with Crippen LogP contribution in [0.4, 0.5) is 5.00 Å². The maximum atomic E-state index is 5.32. The molecule has 2 aromatic heterocycles. The van der Waals surface area contributed by atoms with E-state index in [4.69, 9.17) is 4.52 Å². The molecule has 2 rings (SSSR count). The van der Waals surface area contributed by atoms with Crippen molar-refractivity contribution in [1.82, 2.24) is 14.5 Å². The number of aromatic nitrogens is 3. The van der Waals surface area contributed by atoms with Crippen LogP contribution in [0.2, 0.25) is 0 Å². The summed E-state index contributed by atoms with van der Waals surface area (Å²) in [6.45, 7) is 6.24. The number of hydrogen-bond donors (Lipinski definition) is 1. The van der Waals surface area contributed by atoms with E-state index in [9.17, 15) is 0 Å². The molecule has 0 aliphatic rings. The van der Waals surface area contributed by atoms with Crippen molar-refractivity contribution < 1.29 is 4.52 Å². The minimum Gasteiger partial charge on any atom is -0.378 e. The van der Waals surface area contributed by atoms with Gasteiger partial charge in [-0.1, -0.05) is 19.0 Å². The number of nitrogens with one attached hydrogen (secondary N) is 1. The van der Waals surface area contributed by atoms with Crippen molar-refractivity contribution in [1.29, 1.82) is 0 Å². The Hall–Kier alpha value is -1.08. The predicted octanol–water partition coefficient (Wildman–Crippen LogP) is 3.18. The van der Waals surface area contributed by atoms with Crippen LogP contribution in [0.15, 0.2) is 4.52 Å². The Morgan fingerprint density at radius 1 is 1.44 bits per heavy atom. The van der Waals surface area contributed by atoms with Crippen molar-refractivity contribution >= 4 is 28.3 Å². The number of nitrogens with zero attached hydrogens (tertiary/aromatic N) is 3. The SMILES string of the molecule is CNc1snc(C)c1-c1nc(CSC(C)C)no1. The maximum Gasteiger partial charge on any atom is 0.262 e. The van der Waals surface area contributed by atoms with Gasteiger partial charge in [-0.3, -0.25) is 0 Å². The van der Waals surface area contributed by atoms with Crippen LogP contribution in [-0.4, -0.2) is 26.8 Å². The van der Waals surface area contributed by atoms with E-state index < -0.39 is 0 Å². The molecule has 2 aromatic rings. The third kappa shape index (κ3) is 2.84. The standard InChI is InChI=1S/C11H16N4OS2/c1-6(2)17-5-8-13-10(16-14-8)9-7(3)15-18-11(9)12-4/h6,12H,5H2,1-4H3. The van der Waals surface area contributed by atoms with Crippen LogP contribution in [0.1, 0.15) is 25.4 Å². The summed E-state index contributed by atoms with van der Waals surface area (Å²) >= 11 is 3.20. The van der Waals surface area contributed by atoms with Crippen LogP contribution < -0.4 is 5.32 Å². The molecule has 0 aromatic carbocycles. The van der Waals surface area contributed by atoms with E-state index in [2.05, 4.69) is 33.7 Å². The van der Waals surface area contributed by atoms with E-state index in [1.807, 2.05) is 14.0 Å². The van der Waals surface area contributed by atoms with E-state index in [0.29, 0.717) is 11.1 Å². The van der Waals surface area contributed by atoms with Crippen LogP contribution in [-0.2, 0) is 5.75 Å². The summed E-state index contributed by atoms with van der Waals surface area (Å²) in [5.74, 6) is 2.05. The number of hydrogen-bond acceptors (Lipinski definition) is 7. The molecule has 0 radical (unpaired) electrons. The zero-order chi connectivity index (χ0) is 13.1. The second-order valence-electron chi connectivity index (χ2n) is 4.10. The Labute approximate surface area is 115 Å². The lowest BCUT2D eigenvalue weighted by molar-refractivity contribution is 0.425. The molecule has 1 N–H and O–H groups in total. The minimum absolute atomic E-state index is 0.546. The van der Waals surface area contributed by atoms with Gasteiger partial charge in [0.25, 0.3) is 5.89 Å². The summed E-state index contributed by atoms with van der Waals surface area (Å²) in [6.07, 6.45) is 0. The van der Waals surface area contributed by atoms with E-state index in [-0.39, 0.29) is 0 Å². The van der Waals surface area contributed by atoms with E-state index in [1.165, 1.54) is 11.5 Å². The average Bonchev–Trinajstić information content (AvgIpc) is 2.92. The maximum absolute atomic E-state index is 5.32. The second-order valence-corrected chi connectivity index (χ2v) is 6.44. The highest BCUT2D eigenvalue weighted by atomic mass is 32.2. The molecule has 98 valence electrons. The Bertz CT molecular complexity index is 521. The predicted molar refractivity (Wildman–Crippen MR) is 76.1 cm³/mol. The number of aryl methyl sites for hydroxylation is 1. The van der Waals surface area contributed by atoms with Crippen molar-refractivity contribution in [2.75, 3.05) is 12.4 Å². The molecule has 0 saturated heterocycles. The van der Waals surface area contributed by atoms with Gasteiger partial charge in [-0.25, -0.2) is 0 Å². The normalized spacial score (nSPS) is 11.2. The van der Waals surface area contributed by atoms with Gasteiger partial charge in [0.1, 0.15) is 5.00 Å². The molecule has 0 saturated carbocycles. The smallest absolute Gasteiger partial charge is 0.262 e. The first kappa shape index (κ1) is 13.4. The van der Waals surface area contributed by atoms with Crippen molar-refractivity contribution in [2.24, 2.45) is 0 Å². The Kier molecular flexibility index (Phi) is 4.23. The summed E-state index contributed by atoms with van der Waals surface area (Å²) in [4.78, 5) is 4.42. The monoisotopic (exact) mass is 284 g/mol. The highest BCUT2D eigenvalue weighted by Crippen LogP contribution is 2.33. The van der Waals surface area contributed by atoms with Crippen LogP contribution in [0.25, 0.3) is 11.5 Å². The van der Waals surface area contributed by atoms with Crippen LogP contribution in [0.3, 0.4) is 0 Å². The van der Waals surface area contributed by atoms with E-state index in [1.54, 1.807) is 11.8 Å². The number of thioether (sulfide) groups is 1. The fourth-order valence-electron chi connectivity index (χ4n) is 1.45. The molecule has 0 fully saturated rings. The summed E-state index contributed by atoms with van der Waals surface area (Å²) in [6, 6.07) is 0. The van der Waals surface area contributed by atoms with Crippen LogP contribution in [0.5, 0.6) is 0 Å². The van der Waals surface area contributed by atoms with Gasteiger partial charge in [0.05, 0.1) is 17.0 Å². The first-order chi connectivity index (χ1) is 8.61. The summed E-state index contributed by atoms with van der Waals surface area (Å²) in [5.41, 5.74) is 1.83. The third-order valence-electron chi connectivity index (χ3n) is 2.32. The summed E-state index contributed by atoms with van der Waals surface area (Å²) < 4.78 is 9.61. The Morgan fingerprint density at radius 3 is 2.89 bits per heavy atom. The van der Waals surface area contributed by atoms with E-state index in [0.717, 1.165) is 27.8 Å². The quantitative estimate of drug-likeness (QED) is 0.909. The zero-order valence-corrected chi connectivity index (χ0v) is 12.5. The first-order valence-corrected chi connectivity index (χ1v) is 7.52. The van der Waals surface area contributed by atoms with Gasteiger partial charge in [-0.15, -0.1) is 0 Å².